The van der Waals surface area contributed by atoms with Crippen molar-refractivity contribution in [3.8, 4) is 0 Å². The maximum atomic E-state index is 13.3. The van der Waals surface area contributed by atoms with E-state index >= 15 is 0 Å². The van der Waals surface area contributed by atoms with Crippen LogP contribution in [-0.4, -0.2) is 29.7 Å². The number of aryl methyl sites for hydroxylation is 2. The summed E-state index contributed by atoms with van der Waals surface area (Å²) in [5.74, 6) is 2.26. The Kier molecular flexibility index (Phi) is 12.5. The van der Waals surface area contributed by atoms with E-state index in [4.69, 9.17) is 4.74 Å². The number of carbonyl (C=O) groups is 1. The first-order valence-corrected chi connectivity index (χ1v) is 14.1. The first-order chi connectivity index (χ1) is 17.0. The Morgan fingerprint density at radius 3 is 1.69 bits per heavy atom. The highest BCUT2D eigenvalue weighted by Crippen LogP contribution is 2.23. The summed E-state index contributed by atoms with van der Waals surface area (Å²) in [7, 11) is 0. The molecule has 36 heavy (non-hydrogen) atoms. The van der Waals surface area contributed by atoms with Gasteiger partial charge in [0.1, 0.15) is 5.60 Å². The summed E-state index contributed by atoms with van der Waals surface area (Å²) < 4.78 is 5.88. The van der Waals surface area contributed by atoms with E-state index in [1.807, 2.05) is 25.7 Å². The number of rotatable bonds is 14. The van der Waals surface area contributed by atoms with Gasteiger partial charge in [-0.2, -0.15) is 0 Å². The summed E-state index contributed by atoms with van der Waals surface area (Å²) in [6.45, 7) is 16.6. The summed E-state index contributed by atoms with van der Waals surface area (Å²) in [5.41, 5.74) is 2.23. The molecule has 0 heterocycles. The van der Waals surface area contributed by atoms with E-state index in [1.165, 1.54) is 17.5 Å². The van der Waals surface area contributed by atoms with Gasteiger partial charge >= 0.3 is 6.09 Å². The monoisotopic (exact) mass is 493 g/mol. The summed E-state index contributed by atoms with van der Waals surface area (Å²) in [6, 6.07) is 21.4. The normalized spacial score (nSPS) is 13.6. The lowest BCUT2D eigenvalue weighted by Crippen LogP contribution is -2.42. The Hall–Kier alpha value is -2.29. The van der Waals surface area contributed by atoms with Gasteiger partial charge in [-0.05, 0) is 87.7 Å². The molecule has 0 N–H and O–H groups in total. The lowest BCUT2D eigenvalue weighted by atomic mass is 9.89. The zero-order chi connectivity index (χ0) is 26.6. The van der Waals surface area contributed by atoms with Crippen molar-refractivity contribution in [2.75, 3.05) is 13.1 Å². The minimum absolute atomic E-state index is 0.171. The Bertz CT molecular complexity index is 813. The second-order valence-electron chi connectivity index (χ2n) is 12.2. The largest absolute Gasteiger partial charge is 0.444 e. The molecule has 0 aliphatic carbocycles. The molecule has 2 aromatic rings. The van der Waals surface area contributed by atoms with Crippen molar-refractivity contribution in [1.29, 1.82) is 0 Å². The lowest BCUT2D eigenvalue weighted by Gasteiger charge is -2.32. The van der Waals surface area contributed by atoms with E-state index in [0.717, 1.165) is 45.2 Å². The van der Waals surface area contributed by atoms with Crippen LogP contribution in [0.2, 0.25) is 0 Å². The van der Waals surface area contributed by atoms with Crippen LogP contribution in [0.1, 0.15) is 85.3 Å². The predicted octanol–water partition coefficient (Wildman–Crippen LogP) is 8.81. The first-order valence-electron chi connectivity index (χ1n) is 14.1. The molecule has 0 saturated heterocycles. The molecule has 0 aromatic heterocycles. The quantitative estimate of drug-likeness (QED) is 0.263. The lowest BCUT2D eigenvalue weighted by molar-refractivity contribution is 0.0182. The number of amides is 1. The molecule has 2 atom stereocenters. The SMILES string of the molecule is CC(C)C(C)CC[C@H](C)CN(CC(CCc1ccccc1)CCc1ccccc1)C(=O)OC(C)(C)C. The topological polar surface area (TPSA) is 29.5 Å². The molecular weight excluding hydrogens is 442 g/mol. The van der Waals surface area contributed by atoms with Crippen molar-refractivity contribution in [2.24, 2.45) is 23.7 Å². The van der Waals surface area contributed by atoms with Crippen molar-refractivity contribution < 1.29 is 9.53 Å². The molecule has 0 spiro atoms. The standard InChI is InChI=1S/C33H51NO2/c1-26(2)28(4)19-18-27(3)24-34(32(35)36-33(5,6)7)25-31(22-20-29-14-10-8-11-15-29)23-21-30-16-12-9-13-17-30/h8-17,26-28,31H,18-25H2,1-7H3/t27-,28?/m0/s1. The van der Waals surface area contributed by atoms with Gasteiger partial charge in [0.2, 0.25) is 0 Å². The van der Waals surface area contributed by atoms with Crippen molar-refractivity contribution in [1.82, 2.24) is 4.90 Å². The molecule has 0 aliphatic heterocycles. The van der Waals surface area contributed by atoms with E-state index in [0.29, 0.717) is 23.7 Å². The highest BCUT2D eigenvalue weighted by molar-refractivity contribution is 5.68. The second kappa shape index (κ2) is 15.1. The van der Waals surface area contributed by atoms with Crippen molar-refractivity contribution in [3.63, 3.8) is 0 Å². The fourth-order valence-corrected chi connectivity index (χ4v) is 4.57. The molecule has 3 heteroatoms. The number of carbonyl (C=O) groups excluding carboxylic acids is 1. The van der Waals surface area contributed by atoms with Gasteiger partial charge in [0.15, 0.2) is 0 Å². The number of hydrogen-bond acceptors (Lipinski definition) is 2. The van der Waals surface area contributed by atoms with Gasteiger partial charge < -0.3 is 9.64 Å². The number of hydrogen-bond donors (Lipinski definition) is 0. The van der Waals surface area contributed by atoms with E-state index in [9.17, 15) is 4.79 Å². The maximum Gasteiger partial charge on any atom is 0.410 e. The molecule has 200 valence electrons. The number of benzene rings is 2. The van der Waals surface area contributed by atoms with Crippen LogP contribution >= 0.6 is 0 Å². The van der Waals surface area contributed by atoms with Crippen LogP contribution in [0, 0.1) is 23.7 Å². The smallest absolute Gasteiger partial charge is 0.410 e. The van der Waals surface area contributed by atoms with Crippen molar-refractivity contribution in [2.45, 2.75) is 92.6 Å². The van der Waals surface area contributed by atoms with Crippen LogP contribution < -0.4 is 0 Å². The zero-order valence-electron chi connectivity index (χ0n) is 24.0. The van der Waals surface area contributed by atoms with Gasteiger partial charge in [-0.25, -0.2) is 4.79 Å². The van der Waals surface area contributed by atoms with Gasteiger partial charge in [-0.3, -0.25) is 0 Å². The highest BCUT2D eigenvalue weighted by atomic mass is 16.6. The van der Waals surface area contributed by atoms with E-state index in [-0.39, 0.29) is 6.09 Å². The molecule has 2 aromatic carbocycles. The van der Waals surface area contributed by atoms with Gasteiger partial charge in [-0.1, -0.05) is 94.8 Å². The molecular formula is C33H51NO2. The highest BCUT2D eigenvalue weighted by Gasteiger charge is 2.26. The molecule has 0 fully saturated rings. The van der Waals surface area contributed by atoms with E-state index in [1.54, 1.807) is 0 Å². The van der Waals surface area contributed by atoms with Crippen LogP contribution in [0.15, 0.2) is 60.7 Å². The summed E-state index contributed by atoms with van der Waals surface area (Å²) in [6.07, 6.45) is 6.36. The van der Waals surface area contributed by atoms with Crippen LogP contribution in [-0.2, 0) is 17.6 Å². The summed E-state index contributed by atoms with van der Waals surface area (Å²) in [4.78, 5) is 15.3. The molecule has 0 aliphatic rings. The van der Waals surface area contributed by atoms with Crippen LogP contribution in [0.25, 0.3) is 0 Å². The third-order valence-corrected chi connectivity index (χ3v) is 7.28. The first kappa shape index (κ1) is 29.9. The molecule has 3 nitrogen and oxygen atoms in total. The Balaban J connectivity index is 2.12. The summed E-state index contributed by atoms with van der Waals surface area (Å²) in [5, 5.41) is 0. The summed E-state index contributed by atoms with van der Waals surface area (Å²) >= 11 is 0. The van der Waals surface area contributed by atoms with E-state index < -0.39 is 5.60 Å². The van der Waals surface area contributed by atoms with Gasteiger partial charge in [0.25, 0.3) is 0 Å². The number of nitrogens with zero attached hydrogens (tertiary/aromatic N) is 1. The third-order valence-electron chi connectivity index (χ3n) is 7.28. The Morgan fingerprint density at radius 2 is 1.25 bits per heavy atom. The fraction of sp³-hybridized carbons (Fsp3) is 0.606. The van der Waals surface area contributed by atoms with E-state index in [2.05, 4.69) is 88.4 Å². The van der Waals surface area contributed by atoms with Crippen LogP contribution in [0.5, 0.6) is 0 Å². The molecule has 1 amide bonds. The third kappa shape index (κ3) is 12.1. The fourth-order valence-electron chi connectivity index (χ4n) is 4.57. The second-order valence-corrected chi connectivity index (χ2v) is 12.2. The Morgan fingerprint density at radius 1 is 0.750 bits per heavy atom. The maximum absolute atomic E-state index is 13.3. The predicted molar refractivity (Wildman–Crippen MR) is 153 cm³/mol. The average molecular weight is 494 g/mol. The van der Waals surface area contributed by atoms with Gasteiger partial charge in [-0.15, -0.1) is 0 Å². The Labute approximate surface area is 221 Å². The van der Waals surface area contributed by atoms with Crippen LogP contribution in [0.4, 0.5) is 4.79 Å². The van der Waals surface area contributed by atoms with Crippen LogP contribution in [0.3, 0.4) is 0 Å². The van der Waals surface area contributed by atoms with Crippen molar-refractivity contribution >= 4 is 6.09 Å². The molecule has 1 unspecified atom stereocenters. The molecule has 2 rings (SSSR count). The molecule has 0 radical (unpaired) electrons. The molecule has 0 saturated carbocycles. The van der Waals surface area contributed by atoms with Gasteiger partial charge in [0.05, 0.1) is 0 Å². The zero-order valence-corrected chi connectivity index (χ0v) is 24.0. The average Bonchev–Trinajstić information content (AvgIpc) is 2.83. The number of ether oxygens (including phenoxy) is 1. The minimum atomic E-state index is -0.492. The molecule has 0 bridgehead atoms. The van der Waals surface area contributed by atoms with Gasteiger partial charge in [0, 0.05) is 13.1 Å². The minimum Gasteiger partial charge on any atom is -0.444 e. The van der Waals surface area contributed by atoms with Crippen molar-refractivity contribution in [3.05, 3.63) is 71.8 Å².